The predicted molar refractivity (Wildman–Crippen MR) is 85.4 cm³/mol. The molecular weight excluding hydrogens is 319 g/mol. The van der Waals surface area contributed by atoms with Crippen molar-refractivity contribution in [3.05, 3.63) is 48.0 Å². The van der Waals surface area contributed by atoms with E-state index in [1.54, 1.807) is 36.4 Å². The van der Waals surface area contributed by atoms with Crippen LogP contribution in [0, 0.1) is 6.07 Å². The maximum absolute atomic E-state index is 13.0. The lowest BCUT2D eigenvalue weighted by Gasteiger charge is -2.11. The number of halogens is 3. The van der Waals surface area contributed by atoms with E-state index in [1.165, 1.54) is 14.2 Å². The van der Waals surface area contributed by atoms with Gasteiger partial charge in [-0.15, -0.1) is 0 Å². The SMILES string of the molecule is COc1ccc(-c2[nH]c3cc[c]cc3c2CC(F)(F)F)cc1OC. The molecule has 0 aliphatic rings. The van der Waals surface area contributed by atoms with Gasteiger partial charge < -0.3 is 14.5 Å². The molecule has 0 atom stereocenters. The number of benzene rings is 2. The van der Waals surface area contributed by atoms with Gasteiger partial charge in [0.05, 0.1) is 26.3 Å². The number of fused-ring (bicyclic) bond motifs is 1. The highest BCUT2D eigenvalue weighted by molar-refractivity contribution is 5.91. The summed E-state index contributed by atoms with van der Waals surface area (Å²) in [4.78, 5) is 3.08. The van der Waals surface area contributed by atoms with Gasteiger partial charge in [-0.25, -0.2) is 0 Å². The second-order valence-corrected chi connectivity index (χ2v) is 5.31. The van der Waals surface area contributed by atoms with Crippen LogP contribution in [0.3, 0.4) is 0 Å². The van der Waals surface area contributed by atoms with E-state index in [4.69, 9.17) is 9.47 Å². The Morgan fingerprint density at radius 2 is 1.83 bits per heavy atom. The highest BCUT2D eigenvalue weighted by Crippen LogP contribution is 2.38. The van der Waals surface area contributed by atoms with Crippen LogP contribution in [-0.2, 0) is 6.42 Å². The van der Waals surface area contributed by atoms with Crippen LogP contribution in [0.4, 0.5) is 13.2 Å². The Hall–Kier alpha value is -2.63. The molecule has 0 aliphatic heterocycles. The molecule has 0 saturated carbocycles. The molecule has 0 spiro atoms. The van der Waals surface area contributed by atoms with Crippen LogP contribution in [0.25, 0.3) is 22.2 Å². The largest absolute Gasteiger partial charge is 0.493 e. The third-order valence-corrected chi connectivity index (χ3v) is 3.80. The van der Waals surface area contributed by atoms with Crippen molar-refractivity contribution in [2.45, 2.75) is 12.6 Å². The van der Waals surface area contributed by atoms with Gasteiger partial charge >= 0.3 is 6.18 Å². The van der Waals surface area contributed by atoms with Crippen molar-refractivity contribution in [3.63, 3.8) is 0 Å². The van der Waals surface area contributed by atoms with E-state index in [0.717, 1.165) is 0 Å². The lowest BCUT2D eigenvalue weighted by Crippen LogP contribution is -2.12. The van der Waals surface area contributed by atoms with Gasteiger partial charge in [0.2, 0.25) is 0 Å². The summed E-state index contributed by atoms with van der Waals surface area (Å²) in [5.41, 5.74) is 1.85. The number of aromatic amines is 1. The van der Waals surface area contributed by atoms with Gasteiger partial charge in [-0.1, -0.05) is 6.07 Å². The quantitative estimate of drug-likeness (QED) is 0.747. The van der Waals surface area contributed by atoms with Gasteiger partial charge in [0.15, 0.2) is 11.5 Å². The van der Waals surface area contributed by atoms with Crippen molar-refractivity contribution in [2.75, 3.05) is 14.2 Å². The first-order chi connectivity index (χ1) is 11.4. The molecule has 6 heteroatoms. The number of aromatic nitrogens is 1. The third-order valence-electron chi connectivity index (χ3n) is 3.80. The number of methoxy groups -OCH3 is 2. The first-order valence-corrected chi connectivity index (χ1v) is 7.22. The summed E-state index contributed by atoms with van der Waals surface area (Å²) in [6, 6.07) is 12.8. The lowest BCUT2D eigenvalue weighted by molar-refractivity contribution is -0.126. The van der Waals surface area contributed by atoms with Gasteiger partial charge in [-0.3, -0.25) is 0 Å². The normalized spacial score (nSPS) is 11.7. The summed E-state index contributed by atoms with van der Waals surface area (Å²) in [7, 11) is 2.99. The van der Waals surface area contributed by atoms with Gasteiger partial charge in [-0.05, 0) is 42.0 Å². The zero-order chi connectivity index (χ0) is 17.3. The van der Waals surface area contributed by atoms with E-state index < -0.39 is 12.6 Å². The molecule has 1 radical (unpaired) electrons. The van der Waals surface area contributed by atoms with Crippen LogP contribution < -0.4 is 9.47 Å². The molecule has 0 bridgehead atoms. The fourth-order valence-electron chi connectivity index (χ4n) is 2.76. The first-order valence-electron chi connectivity index (χ1n) is 7.22. The molecular formula is C18H15F3NO2. The summed E-state index contributed by atoms with van der Waals surface area (Å²) in [6.45, 7) is 0. The average Bonchev–Trinajstić information content (AvgIpc) is 2.91. The molecule has 3 aromatic rings. The van der Waals surface area contributed by atoms with Crippen LogP contribution in [0.5, 0.6) is 11.5 Å². The van der Waals surface area contributed by atoms with Gasteiger partial charge in [0.25, 0.3) is 0 Å². The van der Waals surface area contributed by atoms with Crippen LogP contribution in [0.1, 0.15) is 5.56 Å². The Morgan fingerprint density at radius 1 is 1.08 bits per heavy atom. The number of nitrogens with one attached hydrogen (secondary N) is 1. The van der Waals surface area contributed by atoms with Crippen molar-refractivity contribution in [1.82, 2.24) is 4.98 Å². The standard InChI is InChI=1S/C18H15F3NO2/c1-23-15-8-7-11(9-16(15)24-2)17-13(10-18(19,20)21)12-5-3-4-6-14(12)22-17/h4-9,22H,10H2,1-2H3. The summed E-state index contributed by atoms with van der Waals surface area (Å²) < 4.78 is 49.5. The van der Waals surface area contributed by atoms with Gasteiger partial charge in [-0.2, -0.15) is 13.2 Å². The summed E-state index contributed by atoms with van der Waals surface area (Å²) in [6.07, 6.45) is -5.33. The molecule has 1 heterocycles. The van der Waals surface area contributed by atoms with Crippen LogP contribution >= 0.6 is 0 Å². The Kier molecular flexibility index (Phi) is 4.13. The number of hydrogen-bond donors (Lipinski definition) is 1. The number of hydrogen-bond acceptors (Lipinski definition) is 2. The zero-order valence-electron chi connectivity index (χ0n) is 13.1. The molecule has 125 valence electrons. The van der Waals surface area contributed by atoms with Crippen molar-refractivity contribution >= 4 is 10.9 Å². The molecule has 0 unspecified atom stereocenters. The maximum atomic E-state index is 13.0. The van der Waals surface area contributed by atoms with E-state index >= 15 is 0 Å². The molecule has 3 rings (SSSR count). The Bertz CT molecular complexity index is 868. The number of alkyl halides is 3. The lowest BCUT2D eigenvalue weighted by atomic mass is 10.0. The van der Waals surface area contributed by atoms with Gasteiger partial charge in [0.1, 0.15) is 0 Å². The second kappa shape index (κ2) is 6.11. The fraction of sp³-hybridized carbons (Fsp3) is 0.222. The van der Waals surface area contributed by atoms with Crippen LogP contribution in [0.15, 0.2) is 36.4 Å². The molecule has 2 aromatic carbocycles. The van der Waals surface area contributed by atoms with Crippen molar-refractivity contribution < 1.29 is 22.6 Å². The van der Waals surface area contributed by atoms with Crippen molar-refractivity contribution in [3.8, 4) is 22.8 Å². The molecule has 1 N–H and O–H groups in total. The molecule has 24 heavy (non-hydrogen) atoms. The minimum Gasteiger partial charge on any atom is -0.493 e. The average molecular weight is 334 g/mol. The van der Waals surface area contributed by atoms with Crippen LogP contribution in [0.2, 0.25) is 0 Å². The third kappa shape index (κ3) is 3.04. The smallest absolute Gasteiger partial charge is 0.393 e. The summed E-state index contributed by atoms with van der Waals surface area (Å²) in [5.74, 6) is 0.973. The molecule has 1 aromatic heterocycles. The highest BCUT2D eigenvalue weighted by Gasteiger charge is 2.31. The number of H-pyrrole nitrogens is 1. The van der Waals surface area contributed by atoms with E-state index in [2.05, 4.69) is 11.1 Å². The minimum absolute atomic E-state index is 0.196. The summed E-state index contributed by atoms with van der Waals surface area (Å²) in [5, 5.41) is 0.514. The van der Waals surface area contributed by atoms with Gasteiger partial charge in [0, 0.05) is 16.5 Å². The van der Waals surface area contributed by atoms with E-state index in [9.17, 15) is 13.2 Å². The molecule has 0 aliphatic carbocycles. The topological polar surface area (TPSA) is 34.2 Å². The number of rotatable bonds is 4. The predicted octanol–water partition coefficient (Wildman–Crippen LogP) is 4.76. The van der Waals surface area contributed by atoms with Crippen molar-refractivity contribution in [2.24, 2.45) is 0 Å². The van der Waals surface area contributed by atoms with Crippen molar-refractivity contribution in [1.29, 1.82) is 0 Å². The van der Waals surface area contributed by atoms with E-state index in [1.807, 2.05) is 0 Å². The Morgan fingerprint density at radius 3 is 2.50 bits per heavy atom. The first kappa shape index (κ1) is 16.2. The minimum atomic E-state index is -4.31. The summed E-state index contributed by atoms with van der Waals surface area (Å²) >= 11 is 0. The monoisotopic (exact) mass is 334 g/mol. The zero-order valence-corrected chi connectivity index (χ0v) is 13.1. The maximum Gasteiger partial charge on any atom is 0.393 e. The molecule has 0 amide bonds. The van der Waals surface area contributed by atoms with E-state index in [0.29, 0.717) is 33.7 Å². The van der Waals surface area contributed by atoms with Crippen LogP contribution in [-0.4, -0.2) is 25.4 Å². The number of ether oxygens (including phenoxy) is 2. The highest BCUT2D eigenvalue weighted by atomic mass is 19.4. The van der Waals surface area contributed by atoms with E-state index in [-0.39, 0.29) is 5.56 Å². The molecule has 0 saturated heterocycles. The molecule has 3 nitrogen and oxygen atoms in total. The Balaban J connectivity index is 2.20. The Labute approximate surface area is 137 Å². The molecule has 0 fully saturated rings. The fourth-order valence-corrected chi connectivity index (χ4v) is 2.76. The second-order valence-electron chi connectivity index (χ2n) is 5.31.